The van der Waals surface area contributed by atoms with Gasteiger partial charge in [0.25, 0.3) is 0 Å². The fourth-order valence-electron chi connectivity index (χ4n) is 6.80. The summed E-state index contributed by atoms with van der Waals surface area (Å²) in [6, 6.07) is 9.87. The molecule has 9 nitrogen and oxygen atoms in total. The highest BCUT2D eigenvalue weighted by Crippen LogP contribution is 2.51. The molecule has 0 spiro atoms. The lowest BCUT2D eigenvalue weighted by molar-refractivity contribution is -0.181. The number of aliphatic hydroxyl groups is 1. The van der Waals surface area contributed by atoms with E-state index in [-0.39, 0.29) is 24.2 Å². The summed E-state index contributed by atoms with van der Waals surface area (Å²) < 4.78 is 0. The van der Waals surface area contributed by atoms with E-state index in [0.29, 0.717) is 5.56 Å². The number of carbonyl (C=O) groups excluding carboxylic acids is 5. The molecule has 0 aliphatic heterocycles. The molecule has 38 heavy (non-hydrogen) atoms. The average molecular weight is 519 g/mol. The Balaban J connectivity index is 1.64. The molecule has 0 saturated heterocycles. The average Bonchev–Trinajstić information content (AvgIpc) is 2.86. The highest BCUT2D eigenvalue weighted by Gasteiger charge is 2.69. The lowest BCUT2D eigenvalue weighted by Gasteiger charge is -2.52. The van der Waals surface area contributed by atoms with Crippen LogP contribution in [0.2, 0.25) is 0 Å². The Morgan fingerprint density at radius 2 is 1.71 bits per heavy atom. The van der Waals surface area contributed by atoms with Crippen molar-refractivity contribution in [2.45, 2.75) is 37.8 Å². The van der Waals surface area contributed by atoms with E-state index in [1.807, 2.05) is 31.2 Å². The molecular weight excluding hydrogens is 488 g/mol. The van der Waals surface area contributed by atoms with Crippen LogP contribution in [0.25, 0.3) is 11.1 Å². The third-order valence-electron chi connectivity index (χ3n) is 8.62. The number of aryl methyl sites for hydroxylation is 1. The van der Waals surface area contributed by atoms with Crippen LogP contribution in [0.1, 0.15) is 34.8 Å². The molecule has 0 heterocycles. The summed E-state index contributed by atoms with van der Waals surface area (Å²) in [7, 11) is 3.12. The number of hydrogen-bond acceptors (Lipinski definition) is 8. The number of ketones is 4. The van der Waals surface area contributed by atoms with Crippen molar-refractivity contribution in [1.82, 2.24) is 4.90 Å². The molecule has 6 atom stereocenters. The third kappa shape index (κ3) is 3.49. The minimum atomic E-state index is -2.72. The van der Waals surface area contributed by atoms with Gasteiger partial charge in [0.2, 0.25) is 5.91 Å². The quantitative estimate of drug-likeness (QED) is 0.508. The van der Waals surface area contributed by atoms with Crippen LogP contribution in [0, 0.1) is 23.7 Å². The van der Waals surface area contributed by atoms with Gasteiger partial charge in [0.1, 0.15) is 5.75 Å². The van der Waals surface area contributed by atoms with E-state index in [0.717, 1.165) is 23.1 Å². The van der Waals surface area contributed by atoms with Gasteiger partial charge < -0.3 is 15.9 Å². The van der Waals surface area contributed by atoms with E-state index in [4.69, 9.17) is 5.73 Å². The number of carbonyl (C=O) groups is 5. The van der Waals surface area contributed by atoms with Gasteiger partial charge in [-0.25, -0.2) is 0 Å². The SMILES string of the molecule is CCc1ccc(-c2ccc(O)c3c2C[C@@H]2C[C@@H]4[C@@H](N(C)C)C(=O)C(C(N)=O)C(=O)[C@]4(O)C(=O)C2C3=O)cc1. The summed E-state index contributed by atoms with van der Waals surface area (Å²) >= 11 is 0. The van der Waals surface area contributed by atoms with Crippen LogP contribution in [0.4, 0.5) is 0 Å². The largest absolute Gasteiger partial charge is 0.507 e. The zero-order valence-corrected chi connectivity index (χ0v) is 21.4. The summed E-state index contributed by atoms with van der Waals surface area (Å²) in [5.41, 5.74) is 5.94. The number of phenolic OH excluding ortho intramolecular Hbond substituents is 1. The summed E-state index contributed by atoms with van der Waals surface area (Å²) in [4.78, 5) is 67.7. The molecule has 0 bridgehead atoms. The van der Waals surface area contributed by atoms with Gasteiger partial charge in [-0.05, 0) is 67.6 Å². The van der Waals surface area contributed by atoms with E-state index in [1.54, 1.807) is 20.2 Å². The summed E-state index contributed by atoms with van der Waals surface area (Å²) in [6.07, 6.45) is 1.11. The van der Waals surface area contributed by atoms with E-state index in [1.165, 1.54) is 11.0 Å². The van der Waals surface area contributed by atoms with Gasteiger partial charge in [0, 0.05) is 5.92 Å². The first kappa shape index (κ1) is 25.9. The summed E-state index contributed by atoms with van der Waals surface area (Å²) in [5.74, 6) is -10.4. The number of nitrogens with zero attached hydrogens (tertiary/aromatic N) is 1. The van der Waals surface area contributed by atoms with Gasteiger partial charge >= 0.3 is 0 Å². The number of aromatic hydroxyl groups is 1. The molecule has 2 aromatic carbocycles. The minimum Gasteiger partial charge on any atom is -0.507 e. The Labute approximate surface area is 219 Å². The van der Waals surface area contributed by atoms with E-state index in [2.05, 4.69) is 0 Å². The normalized spacial score (nSPS) is 30.6. The lowest BCUT2D eigenvalue weighted by atomic mass is 9.52. The van der Waals surface area contributed by atoms with Gasteiger partial charge in [0.15, 0.2) is 34.7 Å². The molecule has 2 unspecified atom stereocenters. The first-order valence-electron chi connectivity index (χ1n) is 12.7. The lowest BCUT2D eigenvalue weighted by Crippen LogP contribution is -2.74. The number of nitrogens with two attached hydrogens (primary N) is 1. The fourth-order valence-corrected chi connectivity index (χ4v) is 6.80. The number of Topliss-reactive ketones (excluding diaryl/α,β-unsaturated/α-hetero) is 4. The van der Waals surface area contributed by atoms with Crippen molar-refractivity contribution in [2.75, 3.05) is 14.1 Å². The zero-order chi connectivity index (χ0) is 27.7. The van der Waals surface area contributed by atoms with E-state index in [9.17, 15) is 34.2 Å². The second kappa shape index (κ2) is 8.96. The fraction of sp³-hybridized carbons (Fsp3) is 0.414. The maximum Gasteiger partial charge on any atom is 0.235 e. The topological polar surface area (TPSA) is 155 Å². The number of fused-ring (bicyclic) bond motifs is 3. The van der Waals surface area contributed by atoms with Crippen LogP contribution in [-0.4, -0.2) is 69.9 Å². The molecule has 0 radical (unpaired) electrons. The number of phenols is 1. The zero-order valence-electron chi connectivity index (χ0n) is 21.4. The number of likely N-dealkylation sites (N-methyl/N-ethyl adjacent to an activating group) is 1. The predicted molar refractivity (Wildman–Crippen MR) is 136 cm³/mol. The molecule has 198 valence electrons. The van der Waals surface area contributed by atoms with Crippen LogP contribution in [0.5, 0.6) is 5.75 Å². The van der Waals surface area contributed by atoms with E-state index < -0.39 is 64.4 Å². The predicted octanol–water partition coefficient (Wildman–Crippen LogP) is 1.10. The molecular formula is C29H30N2O7. The molecule has 3 aliphatic rings. The first-order valence-corrected chi connectivity index (χ1v) is 12.7. The van der Waals surface area contributed by atoms with Crippen molar-refractivity contribution in [3.8, 4) is 16.9 Å². The second-order valence-corrected chi connectivity index (χ2v) is 10.8. The molecule has 9 heteroatoms. The number of amides is 1. The highest BCUT2D eigenvalue weighted by molar-refractivity contribution is 6.32. The number of benzene rings is 2. The monoisotopic (exact) mass is 518 g/mol. The molecule has 2 aromatic rings. The van der Waals surface area contributed by atoms with Crippen molar-refractivity contribution >= 4 is 29.0 Å². The third-order valence-corrected chi connectivity index (χ3v) is 8.62. The number of rotatable bonds is 4. The van der Waals surface area contributed by atoms with Crippen LogP contribution < -0.4 is 5.73 Å². The Bertz CT molecular complexity index is 1400. The van der Waals surface area contributed by atoms with Gasteiger partial charge in [0.05, 0.1) is 17.5 Å². The van der Waals surface area contributed by atoms with Crippen molar-refractivity contribution < 1.29 is 34.2 Å². The molecule has 0 aromatic heterocycles. The molecule has 5 rings (SSSR count). The van der Waals surface area contributed by atoms with Gasteiger partial charge in [-0.3, -0.25) is 28.9 Å². The summed E-state index contributed by atoms with van der Waals surface area (Å²) in [6.45, 7) is 2.05. The second-order valence-electron chi connectivity index (χ2n) is 10.8. The Morgan fingerprint density at radius 1 is 1.05 bits per heavy atom. The van der Waals surface area contributed by atoms with E-state index >= 15 is 0 Å². The van der Waals surface area contributed by atoms with Gasteiger partial charge in [-0.15, -0.1) is 0 Å². The van der Waals surface area contributed by atoms with Gasteiger partial charge in [-0.2, -0.15) is 0 Å². The van der Waals surface area contributed by atoms with Gasteiger partial charge in [-0.1, -0.05) is 37.3 Å². The standard InChI is InChI=1S/C29H30N2O7/c1-4-13-5-7-14(8-6-13)16-9-10-19(32)21-17(16)11-15-12-18-23(31(2)3)25(34)22(28(30)37)27(36)29(18,38)26(35)20(15)24(21)33/h5-10,15,18,20,22-23,32,38H,4,11-12H2,1-3H3,(H2,30,37)/t15-,18-,20?,22?,23-,29-/m1/s1. The van der Waals surface area contributed by atoms with Crippen molar-refractivity contribution in [3.63, 3.8) is 0 Å². The van der Waals surface area contributed by atoms with Crippen molar-refractivity contribution in [3.05, 3.63) is 53.1 Å². The number of hydrogen-bond donors (Lipinski definition) is 3. The van der Waals surface area contributed by atoms with Crippen molar-refractivity contribution in [1.29, 1.82) is 0 Å². The van der Waals surface area contributed by atoms with Crippen LogP contribution in [0.3, 0.4) is 0 Å². The van der Waals surface area contributed by atoms with Crippen LogP contribution in [0.15, 0.2) is 36.4 Å². The molecule has 2 fully saturated rings. The maximum atomic E-state index is 13.9. The molecule has 2 saturated carbocycles. The number of primary amides is 1. The first-order chi connectivity index (χ1) is 17.9. The Hall–Kier alpha value is -3.69. The molecule has 1 amide bonds. The molecule has 3 aliphatic carbocycles. The summed E-state index contributed by atoms with van der Waals surface area (Å²) in [5, 5.41) is 22.3. The van der Waals surface area contributed by atoms with Crippen LogP contribution >= 0.6 is 0 Å². The molecule has 4 N–H and O–H groups in total. The van der Waals surface area contributed by atoms with Crippen LogP contribution in [-0.2, 0) is 32.0 Å². The Morgan fingerprint density at radius 3 is 2.29 bits per heavy atom. The van der Waals surface area contributed by atoms with Crippen molar-refractivity contribution in [2.24, 2.45) is 29.4 Å². The maximum absolute atomic E-state index is 13.9. The Kier molecular flexibility index (Phi) is 6.11. The minimum absolute atomic E-state index is 0.00587. The smallest absolute Gasteiger partial charge is 0.235 e. The highest BCUT2D eigenvalue weighted by atomic mass is 16.3.